The molecule has 0 aliphatic heterocycles. The number of hydrogen-bond acceptors (Lipinski definition) is 6. The summed E-state index contributed by atoms with van der Waals surface area (Å²) in [6, 6.07) is 25.3. The third-order valence-corrected chi connectivity index (χ3v) is 6.57. The molecule has 1 amide bonds. The van der Waals surface area contributed by atoms with Crippen LogP contribution >= 0.6 is 0 Å². The number of nitrogens with zero attached hydrogens (tertiary/aromatic N) is 1. The molecule has 0 aromatic heterocycles. The fraction of sp³-hybridized carbons (Fsp3) is 0.0714. The van der Waals surface area contributed by atoms with Crippen LogP contribution in [-0.2, 0) is 27.5 Å². The van der Waals surface area contributed by atoms with Crippen molar-refractivity contribution in [2.45, 2.75) is 17.5 Å². The lowest BCUT2D eigenvalue weighted by Crippen LogP contribution is -2.20. The fourth-order valence-corrected chi connectivity index (χ4v) is 4.54. The number of alkyl halides is 3. The number of amides is 1. The number of para-hydroxylation sites is 3. The molecule has 4 rings (SSSR count). The summed E-state index contributed by atoms with van der Waals surface area (Å²) in [7, 11) is -4.53. The van der Waals surface area contributed by atoms with E-state index in [1.54, 1.807) is 66.7 Å². The highest BCUT2D eigenvalue weighted by atomic mass is 32.2. The van der Waals surface area contributed by atoms with Crippen molar-refractivity contribution < 1.29 is 35.3 Å². The largest absolute Gasteiger partial charge is 0.457 e. The summed E-state index contributed by atoms with van der Waals surface area (Å²) >= 11 is 0. The zero-order valence-corrected chi connectivity index (χ0v) is 20.9. The van der Waals surface area contributed by atoms with Gasteiger partial charge in [0.25, 0.3) is 0 Å². The van der Waals surface area contributed by atoms with Crippen molar-refractivity contribution >= 4 is 22.2 Å². The Morgan fingerprint density at radius 3 is 2.13 bits per heavy atom. The third kappa shape index (κ3) is 7.45. The van der Waals surface area contributed by atoms with Crippen molar-refractivity contribution in [3.05, 3.63) is 120 Å². The number of benzene rings is 4. The predicted octanol–water partition coefficient (Wildman–Crippen LogP) is 5.96. The maximum atomic E-state index is 13.3. The molecule has 200 valence electrons. The van der Waals surface area contributed by atoms with E-state index >= 15 is 0 Å². The topological polar surface area (TPSA) is 94.1 Å². The first-order chi connectivity index (χ1) is 18.6. The molecule has 0 saturated carbocycles. The number of halogens is 3. The second-order valence-corrected chi connectivity index (χ2v) is 9.61. The minimum atomic E-state index is -4.74. The number of rotatable bonds is 9. The summed E-state index contributed by atoms with van der Waals surface area (Å²) in [5, 5.41) is 3.70. The number of hydrogen-bond donors (Lipinski definition) is 1. The van der Waals surface area contributed by atoms with Gasteiger partial charge in [-0.2, -0.15) is 26.7 Å². The van der Waals surface area contributed by atoms with E-state index in [1.807, 2.05) is 6.07 Å². The standard InChI is InChI=1S/C28H21F3N2O5S/c29-28(30,31)22-15-16-26(39(35,36)38-24-12-5-2-6-13-24)21(17-22)19-32-33-27(34)18-20-9-7-8-14-25(20)37-23-10-3-1-4-11-23/h1-17,19H,18H2,(H,33,34)/b32-19+. The Balaban J connectivity index is 1.53. The Morgan fingerprint density at radius 1 is 0.846 bits per heavy atom. The highest BCUT2D eigenvalue weighted by molar-refractivity contribution is 7.87. The molecule has 4 aromatic carbocycles. The lowest BCUT2D eigenvalue weighted by Gasteiger charge is -2.12. The molecule has 39 heavy (non-hydrogen) atoms. The Bertz CT molecular complexity index is 1580. The molecule has 7 nitrogen and oxygen atoms in total. The second kappa shape index (κ2) is 11.8. The van der Waals surface area contributed by atoms with Crippen LogP contribution in [0.4, 0.5) is 13.2 Å². The van der Waals surface area contributed by atoms with Gasteiger partial charge in [-0.25, -0.2) is 5.43 Å². The molecule has 0 unspecified atom stereocenters. The van der Waals surface area contributed by atoms with Crippen LogP contribution in [0.15, 0.2) is 113 Å². The number of nitrogens with one attached hydrogen (secondary N) is 1. The number of ether oxygens (including phenoxy) is 1. The number of carbonyl (C=O) groups is 1. The smallest absolute Gasteiger partial charge is 0.416 e. The van der Waals surface area contributed by atoms with Gasteiger partial charge in [0.15, 0.2) is 0 Å². The van der Waals surface area contributed by atoms with Crippen LogP contribution in [0.2, 0.25) is 0 Å². The van der Waals surface area contributed by atoms with Crippen molar-refractivity contribution in [1.82, 2.24) is 5.43 Å². The summed E-state index contributed by atoms with van der Waals surface area (Å²) in [5.41, 5.74) is 1.23. The molecule has 0 aliphatic carbocycles. The molecule has 4 aromatic rings. The summed E-state index contributed by atoms with van der Waals surface area (Å²) in [4.78, 5) is 12.0. The van der Waals surface area contributed by atoms with Gasteiger partial charge in [-0.15, -0.1) is 0 Å². The van der Waals surface area contributed by atoms with Crippen LogP contribution in [0.25, 0.3) is 0 Å². The third-order valence-electron chi connectivity index (χ3n) is 5.24. The Kier molecular flexibility index (Phi) is 8.30. The van der Waals surface area contributed by atoms with Gasteiger partial charge in [0, 0.05) is 11.1 Å². The monoisotopic (exact) mass is 554 g/mol. The van der Waals surface area contributed by atoms with Crippen LogP contribution in [0, 0.1) is 0 Å². The Hall–Kier alpha value is -4.64. The van der Waals surface area contributed by atoms with Gasteiger partial charge in [0.2, 0.25) is 5.91 Å². The zero-order valence-electron chi connectivity index (χ0n) is 20.1. The first-order valence-electron chi connectivity index (χ1n) is 11.5. The quantitative estimate of drug-likeness (QED) is 0.157. The van der Waals surface area contributed by atoms with Crippen molar-refractivity contribution in [2.75, 3.05) is 0 Å². The zero-order chi connectivity index (χ0) is 27.9. The van der Waals surface area contributed by atoms with E-state index in [9.17, 15) is 26.4 Å². The second-order valence-electron chi connectivity index (χ2n) is 8.09. The molecule has 0 aliphatic rings. The van der Waals surface area contributed by atoms with Gasteiger partial charge in [-0.1, -0.05) is 54.6 Å². The van der Waals surface area contributed by atoms with E-state index in [0.717, 1.165) is 12.3 Å². The summed E-state index contributed by atoms with van der Waals surface area (Å²) in [6.45, 7) is 0. The number of carbonyl (C=O) groups excluding carboxylic acids is 1. The van der Waals surface area contributed by atoms with Crippen molar-refractivity contribution in [1.29, 1.82) is 0 Å². The van der Waals surface area contributed by atoms with Crippen LogP contribution in [0.3, 0.4) is 0 Å². The summed E-state index contributed by atoms with van der Waals surface area (Å²) in [6.07, 6.45) is -4.08. The summed E-state index contributed by atoms with van der Waals surface area (Å²) < 4.78 is 76.5. The van der Waals surface area contributed by atoms with Gasteiger partial charge >= 0.3 is 16.3 Å². The molecular weight excluding hydrogens is 533 g/mol. The lowest BCUT2D eigenvalue weighted by atomic mass is 10.1. The average Bonchev–Trinajstić information content (AvgIpc) is 2.90. The molecular formula is C28H21F3N2O5S. The lowest BCUT2D eigenvalue weighted by molar-refractivity contribution is -0.137. The van der Waals surface area contributed by atoms with E-state index in [1.165, 1.54) is 12.1 Å². The Morgan fingerprint density at radius 2 is 1.46 bits per heavy atom. The molecule has 0 atom stereocenters. The minimum absolute atomic E-state index is 0.0232. The van der Waals surface area contributed by atoms with Gasteiger partial charge < -0.3 is 8.92 Å². The molecule has 0 radical (unpaired) electrons. The van der Waals surface area contributed by atoms with Gasteiger partial charge in [-0.3, -0.25) is 4.79 Å². The van der Waals surface area contributed by atoms with E-state index < -0.39 is 38.2 Å². The van der Waals surface area contributed by atoms with E-state index in [4.69, 9.17) is 8.92 Å². The molecule has 0 spiro atoms. The van der Waals surface area contributed by atoms with E-state index in [0.29, 0.717) is 29.2 Å². The normalized spacial score (nSPS) is 11.8. The first kappa shape index (κ1) is 27.4. The average molecular weight is 555 g/mol. The minimum Gasteiger partial charge on any atom is -0.457 e. The maximum Gasteiger partial charge on any atom is 0.416 e. The number of hydrazone groups is 1. The van der Waals surface area contributed by atoms with E-state index in [-0.39, 0.29) is 12.2 Å². The van der Waals surface area contributed by atoms with Crippen molar-refractivity contribution in [2.24, 2.45) is 5.10 Å². The SMILES string of the molecule is O=C(Cc1ccccc1Oc1ccccc1)N/N=C/c1cc(C(F)(F)F)ccc1S(=O)(=O)Oc1ccccc1. The fourth-order valence-electron chi connectivity index (χ4n) is 3.45. The molecule has 0 bridgehead atoms. The predicted molar refractivity (Wildman–Crippen MR) is 138 cm³/mol. The molecule has 0 heterocycles. The van der Waals surface area contributed by atoms with Gasteiger partial charge in [0.1, 0.15) is 22.1 Å². The van der Waals surface area contributed by atoms with Crippen LogP contribution < -0.4 is 14.3 Å². The molecule has 0 saturated heterocycles. The van der Waals surface area contributed by atoms with Crippen molar-refractivity contribution in [3.8, 4) is 17.2 Å². The highest BCUT2D eigenvalue weighted by Crippen LogP contribution is 2.32. The maximum absolute atomic E-state index is 13.3. The van der Waals surface area contributed by atoms with E-state index in [2.05, 4.69) is 10.5 Å². The van der Waals surface area contributed by atoms with Gasteiger partial charge in [-0.05, 0) is 48.5 Å². The first-order valence-corrected chi connectivity index (χ1v) is 12.9. The van der Waals surface area contributed by atoms with Crippen LogP contribution in [0.5, 0.6) is 17.2 Å². The summed E-state index contributed by atoms with van der Waals surface area (Å²) in [5.74, 6) is 0.379. The van der Waals surface area contributed by atoms with Crippen LogP contribution in [0.1, 0.15) is 16.7 Å². The highest BCUT2D eigenvalue weighted by Gasteiger charge is 2.32. The van der Waals surface area contributed by atoms with Gasteiger partial charge in [0.05, 0.1) is 18.2 Å². The Labute approximate surface area is 222 Å². The molecule has 11 heteroatoms. The van der Waals surface area contributed by atoms with Crippen LogP contribution in [-0.4, -0.2) is 20.5 Å². The molecule has 1 N–H and O–H groups in total. The molecule has 0 fully saturated rings. The van der Waals surface area contributed by atoms with Crippen molar-refractivity contribution in [3.63, 3.8) is 0 Å².